The molecule has 2 saturated carbocycles. The zero-order chi connectivity index (χ0) is 21.3. The number of hydrogen-bond donors (Lipinski definition) is 1. The van der Waals surface area contributed by atoms with E-state index in [4.69, 9.17) is 0 Å². The second-order valence-corrected chi connectivity index (χ2v) is 10.2. The Morgan fingerprint density at radius 1 is 0.933 bits per heavy atom. The van der Waals surface area contributed by atoms with E-state index in [-0.39, 0.29) is 6.61 Å². The van der Waals surface area contributed by atoms with Crippen LogP contribution in [0.5, 0.6) is 0 Å². The van der Waals surface area contributed by atoms with E-state index in [1.165, 1.54) is 89.0 Å². The first-order valence-electron chi connectivity index (χ1n) is 13.2. The molecule has 3 aliphatic carbocycles. The zero-order valence-electron chi connectivity index (χ0n) is 20.0. The van der Waals surface area contributed by atoms with Gasteiger partial charge in [-0.3, -0.25) is 0 Å². The predicted molar refractivity (Wildman–Crippen MR) is 129 cm³/mol. The predicted octanol–water partition coefficient (Wildman–Crippen LogP) is 8.31. The lowest BCUT2D eigenvalue weighted by atomic mass is 9.73. The first-order chi connectivity index (χ1) is 14.7. The van der Waals surface area contributed by atoms with E-state index in [2.05, 4.69) is 38.7 Å². The van der Waals surface area contributed by atoms with E-state index in [9.17, 15) is 5.11 Å². The molecule has 0 heterocycles. The molecule has 0 aromatic heterocycles. The molecule has 0 aromatic carbocycles. The average molecular weight is 411 g/mol. The molecule has 0 saturated heterocycles. The third-order valence-electron chi connectivity index (χ3n) is 8.03. The summed E-state index contributed by atoms with van der Waals surface area (Å²) in [6, 6.07) is 0. The summed E-state index contributed by atoms with van der Waals surface area (Å²) in [5, 5.41) is 9.80. The molecule has 0 spiro atoms. The molecule has 2 fully saturated rings. The molecule has 168 valence electrons. The summed E-state index contributed by atoms with van der Waals surface area (Å²) in [7, 11) is 0. The summed E-state index contributed by atoms with van der Waals surface area (Å²) in [5.74, 6) is 2.44. The standard InChI is InChI=1S/C29H46O/c1-4-12-23(5-2)28-21-26(24-13-8-6-9-14-24)17-18-27(25-15-10-7-11-16-25)29(28)22(3)19-20-30/h17,21-25,30H,4-16,19-20H2,1-3H3. The van der Waals surface area contributed by atoms with E-state index >= 15 is 0 Å². The average Bonchev–Trinajstić information content (AvgIpc) is 2.99. The fraction of sp³-hybridized carbons (Fsp3) is 0.759. The number of hydrogen-bond acceptors (Lipinski definition) is 1. The summed E-state index contributed by atoms with van der Waals surface area (Å²) < 4.78 is 0. The number of aliphatic hydroxyl groups is 1. The number of aliphatic hydroxyl groups excluding tert-OH is 1. The highest BCUT2D eigenvalue weighted by Gasteiger charge is 2.29. The van der Waals surface area contributed by atoms with Crippen LogP contribution in [0.25, 0.3) is 0 Å². The third-order valence-corrected chi connectivity index (χ3v) is 8.03. The molecule has 1 nitrogen and oxygen atoms in total. The zero-order valence-corrected chi connectivity index (χ0v) is 20.0. The molecule has 3 aliphatic rings. The van der Waals surface area contributed by atoms with Gasteiger partial charge in [-0.05, 0) is 91.4 Å². The summed E-state index contributed by atoms with van der Waals surface area (Å²) in [6.07, 6.45) is 23.2. The lowest BCUT2D eigenvalue weighted by molar-refractivity contribution is 0.270. The third kappa shape index (κ3) is 5.80. The maximum atomic E-state index is 9.80. The quantitative estimate of drug-likeness (QED) is 0.379. The van der Waals surface area contributed by atoms with Crippen molar-refractivity contribution in [1.29, 1.82) is 0 Å². The van der Waals surface area contributed by atoms with Crippen LogP contribution >= 0.6 is 0 Å². The van der Waals surface area contributed by atoms with Crippen molar-refractivity contribution in [1.82, 2.24) is 0 Å². The molecular formula is C29H46O. The molecular weight excluding hydrogens is 364 g/mol. The normalized spacial score (nSPS) is 23.7. The second-order valence-electron chi connectivity index (χ2n) is 10.2. The van der Waals surface area contributed by atoms with Gasteiger partial charge >= 0.3 is 0 Å². The molecule has 2 atom stereocenters. The summed E-state index contributed by atoms with van der Waals surface area (Å²) in [5.41, 5.74) is 10.2. The molecule has 0 amide bonds. The van der Waals surface area contributed by atoms with Crippen LogP contribution in [0, 0.1) is 23.7 Å². The Balaban J connectivity index is 2.12. The van der Waals surface area contributed by atoms with Gasteiger partial charge in [0.05, 0.1) is 0 Å². The van der Waals surface area contributed by atoms with Crippen LogP contribution in [0.3, 0.4) is 0 Å². The van der Waals surface area contributed by atoms with Gasteiger partial charge < -0.3 is 5.11 Å². The first-order valence-corrected chi connectivity index (χ1v) is 13.2. The Labute approximate surface area is 186 Å². The van der Waals surface area contributed by atoms with Crippen LogP contribution in [0.15, 0.2) is 40.2 Å². The van der Waals surface area contributed by atoms with E-state index in [1.54, 1.807) is 16.7 Å². The lowest BCUT2D eigenvalue weighted by Crippen LogP contribution is -2.18. The molecule has 1 heteroatoms. The molecule has 30 heavy (non-hydrogen) atoms. The maximum absolute atomic E-state index is 9.80. The van der Waals surface area contributed by atoms with E-state index in [1.807, 2.05) is 0 Å². The highest BCUT2D eigenvalue weighted by atomic mass is 16.3. The van der Waals surface area contributed by atoms with Crippen molar-refractivity contribution in [3.05, 3.63) is 40.2 Å². The van der Waals surface area contributed by atoms with Gasteiger partial charge in [-0.2, -0.15) is 0 Å². The van der Waals surface area contributed by atoms with Gasteiger partial charge in [0.2, 0.25) is 0 Å². The summed E-state index contributed by atoms with van der Waals surface area (Å²) in [4.78, 5) is 0. The van der Waals surface area contributed by atoms with Crippen molar-refractivity contribution in [2.45, 2.75) is 111 Å². The number of rotatable bonds is 9. The fourth-order valence-electron chi connectivity index (χ4n) is 6.25. The summed E-state index contributed by atoms with van der Waals surface area (Å²) in [6.45, 7) is 7.34. The smallest absolute Gasteiger partial charge is 0.0436 e. The highest BCUT2D eigenvalue weighted by Crippen LogP contribution is 2.43. The Hall–Kier alpha value is -1.04. The minimum atomic E-state index is 0.281. The van der Waals surface area contributed by atoms with Crippen molar-refractivity contribution >= 4 is 0 Å². The molecule has 2 unspecified atom stereocenters. The largest absolute Gasteiger partial charge is 0.396 e. The SMILES string of the molecule is CCCC(CC)C1=C(C(C)CCO)C(C2CCCCC2)=C=CC(C2CCCCC2)=C1. The van der Waals surface area contributed by atoms with Gasteiger partial charge in [0.1, 0.15) is 0 Å². The minimum Gasteiger partial charge on any atom is -0.396 e. The van der Waals surface area contributed by atoms with Crippen molar-refractivity contribution in [3.63, 3.8) is 0 Å². The molecule has 0 bridgehead atoms. The molecule has 1 N–H and O–H groups in total. The van der Waals surface area contributed by atoms with Gasteiger partial charge in [0.25, 0.3) is 0 Å². The van der Waals surface area contributed by atoms with Crippen molar-refractivity contribution in [2.24, 2.45) is 23.7 Å². The fourth-order valence-corrected chi connectivity index (χ4v) is 6.25. The van der Waals surface area contributed by atoms with E-state index < -0.39 is 0 Å². The van der Waals surface area contributed by atoms with Crippen molar-refractivity contribution in [2.75, 3.05) is 6.61 Å². The first kappa shape index (κ1) is 23.6. The Bertz CT molecular complexity index is 660. The van der Waals surface area contributed by atoms with E-state index in [0.717, 1.165) is 12.3 Å². The second kappa shape index (κ2) is 12.1. The summed E-state index contributed by atoms with van der Waals surface area (Å²) >= 11 is 0. The van der Waals surface area contributed by atoms with E-state index in [0.29, 0.717) is 17.8 Å². The topological polar surface area (TPSA) is 20.2 Å². The van der Waals surface area contributed by atoms with Crippen LogP contribution in [-0.4, -0.2) is 11.7 Å². The van der Waals surface area contributed by atoms with Crippen LogP contribution in [-0.2, 0) is 0 Å². The van der Waals surface area contributed by atoms with Crippen LogP contribution < -0.4 is 0 Å². The Kier molecular flexibility index (Phi) is 9.54. The van der Waals surface area contributed by atoms with Crippen LogP contribution in [0.2, 0.25) is 0 Å². The lowest BCUT2D eigenvalue weighted by Gasteiger charge is -2.31. The monoisotopic (exact) mass is 410 g/mol. The molecule has 0 radical (unpaired) electrons. The van der Waals surface area contributed by atoms with Gasteiger partial charge in [-0.1, -0.05) is 71.8 Å². The van der Waals surface area contributed by atoms with Crippen molar-refractivity contribution in [3.8, 4) is 0 Å². The van der Waals surface area contributed by atoms with Gasteiger partial charge in [-0.25, -0.2) is 0 Å². The molecule has 3 rings (SSSR count). The Morgan fingerprint density at radius 2 is 1.57 bits per heavy atom. The minimum absolute atomic E-state index is 0.281. The van der Waals surface area contributed by atoms with Gasteiger partial charge in [0, 0.05) is 12.2 Å². The highest BCUT2D eigenvalue weighted by molar-refractivity contribution is 5.49. The molecule has 0 aromatic rings. The Morgan fingerprint density at radius 3 is 2.13 bits per heavy atom. The van der Waals surface area contributed by atoms with Gasteiger partial charge in [0.15, 0.2) is 0 Å². The number of allylic oxidation sites excluding steroid dienone is 5. The molecule has 0 aliphatic heterocycles. The van der Waals surface area contributed by atoms with Crippen molar-refractivity contribution < 1.29 is 5.11 Å². The van der Waals surface area contributed by atoms with Gasteiger partial charge in [-0.15, -0.1) is 5.73 Å². The van der Waals surface area contributed by atoms with Crippen LogP contribution in [0.1, 0.15) is 111 Å². The maximum Gasteiger partial charge on any atom is 0.0436 e. The van der Waals surface area contributed by atoms with Crippen LogP contribution in [0.4, 0.5) is 0 Å².